The highest BCUT2D eigenvalue weighted by molar-refractivity contribution is 6.01. The van der Waals surface area contributed by atoms with Gasteiger partial charge < -0.3 is 16.2 Å². The molecule has 0 aliphatic rings. The molecule has 1 aromatic carbocycles. The number of carbonyl (C=O) groups excluding carboxylic acids is 1. The third kappa shape index (κ3) is 3.79. The van der Waals surface area contributed by atoms with Crippen molar-refractivity contribution < 1.29 is 14.7 Å². The van der Waals surface area contributed by atoms with Crippen molar-refractivity contribution in [3.05, 3.63) is 23.8 Å². The number of benzene rings is 1. The fourth-order valence-corrected chi connectivity index (χ4v) is 1.40. The number of carboxylic acid groups (broad SMARTS) is 1. The summed E-state index contributed by atoms with van der Waals surface area (Å²) in [7, 11) is 0. The van der Waals surface area contributed by atoms with Crippen LogP contribution >= 0.6 is 0 Å². The Morgan fingerprint density at radius 1 is 1.41 bits per heavy atom. The molecular weight excluding hydrogens is 220 g/mol. The SMILES string of the molecule is CCCCC(=O)Nc1ccc(N)cc1C(=O)O. The summed E-state index contributed by atoms with van der Waals surface area (Å²) in [5, 5.41) is 11.6. The Morgan fingerprint density at radius 3 is 2.71 bits per heavy atom. The van der Waals surface area contributed by atoms with E-state index in [0.717, 1.165) is 12.8 Å². The number of carboxylic acids is 1. The number of amides is 1. The first kappa shape index (κ1) is 13.0. The summed E-state index contributed by atoms with van der Waals surface area (Å²) in [6, 6.07) is 4.39. The lowest BCUT2D eigenvalue weighted by Crippen LogP contribution is -2.14. The Kier molecular flexibility index (Phi) is 4.51. The molecule has 0 saturated carbocycles. The van der Waals surface area contributed by atoms with Crippen LogP contribution in [0.15, 0.2) is 18.2 Å². The van der Waals surface area contributed by atoms with E-state index in [1.165, 1.54) is 12.1 Å². The lowest BCUT2D eigenvalue weighted by atomic mass is 10.1. The average Bonchev–Trinajstić information content (AvgIpc) is 2.28. The maximum absolute atomic E-state index is 11.5. The predicted octanol–water partition coefficient (Wildman–Crippen LogP) is 2.10. The molecule has 92 valence electrons. The van der Waals surface area contributed by atoms with E-state index in [4.69, 9.17) is 10.8 Å². The molecule has 0 fully saturated rings. The lowest BCUT2D eigenvalue weighted by Gasteiger charge is -2.08. The molecule has 0 atom stereocenters. The number of nitrogens with one attached hydrogen (secondary N) is 1. The number of carbonyl (C=O) groups is 2. The third-order valence-electron chi connectivity index (χ3n) is 2.31. The van der Waals surface area contributed by atoms with Crippen LogP contribution in [-0.2, 0) is 4.79 Å². The van der Waals surface area contributed by atoms with Crippen LogP contribution in [-0.4, -0.2) is 17.0 Å². The Balaban J connectivity index is 2.83. The fourth-order valence-electron chi connectivity index (χ4n) is 1.40. The molecule has 0 unspecified atom stereocenters. The van der Waals surface area contributed by atoms with Crippen molar-refractivity contribution in [2.24, 2.45) is 0 Å². The predicted molar refractivity (Wildman–Crippen MR) is 66.0 cm³/mol. The fraction of sp³-hybridized carbons (Fsp3) is 0.333. The Hall–Kier alpha value is -2.04. The number of aromatic carboxylic acids is 1. The number of hydrogen-bond donors (Lipinski definition) is 3. The minimum Gasteiger partial charge on any atom is -0.478 e. The van der Waals surface area contributed by atoms with E-state index in [0.29, 0.717) is 12.1 Å². The number of anilines is 2. The molecule has 0 aromatic heterocycles. The van der Waals surface area contributed by atoms with E-state index in [9.17, 15) is 9.59 Å². The van der Waals surface area contributed by atoms with Crippen LogP contribution in [0.3, 0.4) is 0 Å². The van der Waals surface area contributed by atoms with Gasteiger partial charge in [-0.05, 0) is 24.6 Å². The van der Waals surface area contributed by atoms with Gasteiger partial charge in [-0.15, -0.1) is 0 Å². The lowest BCUT2D eigenvalue weighted by molar-refractivity contribution is -0.116. The largest absolute Gasteiger partial charge is 0.478 e. The van der Waals surface area contributed by atoms with Gasteiger partial charge in [0.25, 0.3) is 0 Å². The summed E-state index contributed by atoms with van der Waals surface area (Å²) >= 11 is 0. The van der Waals surface area contributed by atoms with E-state index in [1.807, 2.05) is 6.92 Å². The van der Waals surface area contributed by atoms with Gasteiger partial charge in [-0.3, -0.25) is 4.79 Å². The normalized spacial score (nSPS) is 9.94. The summed E-state index contributed by atoms with van der Waals surface area (Å²) in [6.45, 7) is 1.99. The van der Waals surface area contributed by atoms with Crippen LogP contribution in [0.25, 0.3) is 0 Å². The minimum atomic E-state index is -1.11. The van der Waals surface area contributed by atoms with Crippen molar-refractivity contribution >= 4 is 23.3 Å². The highest BCUT2D eigenvalue weighted by atomic mass is 16.4. The quantitative estimate of drug-likeness (QED) is 0.682. The molecule has 1 amide bonds. The molecule has 0 radical (unpaired) electrons. The monoisotopic (exact) mass is 236 g/mol. The number of nitrogens with two attached hydrogens (primary N) is 1. The second-order valence-corrected chi connectivity index (χ2v) is 3.76. The van der Waals surface area contributed by atoms with Crippen molar-refractivity contribution in [1.82, 2.24) is 0 Å². The van der Waals surface area contributed by atoms with Crippen molar-refractivity contribution in [1.29, 1.82) is 0 Å². The molecule has 1 aromatic rings. The summed E-state index contributed by atoms with van der Waals surface area (Å²) in [6.07, 6.45) is 2.09. The molecule has 0 heterocycles. The Bertz CT molecular complexity index is 430. The van der Waals surface area contributed by atoms with Gasteiger partial charge in [-0.1, -0.05) is 13.3 Å². The zero-order chi connectivity index (χ0) is 12.8. The molecular formula is C12H16N2O3. The van der Waals surface area contributed by atoms with Crippen molar-refractivity contribution in [3.63, 3.8) is 0 Å². The maximum Gasteiger partial charge on any atom is 0.337 e. The number of unbranched alkanes of at least 4 members (excludes halogenated alkanes) is 1. The average molecular weight is 236 g/mol. The number of hydrogen-bond acceptors (Lipinski definition) is 3. The van der Waals surface area contributed by atoms with Crippen molar-refractivity contribution in [2.75, 3.05) is 11.1 Å². The Morgan fingerprint density at radius 2 is 2.12 bits per heavy atom. The molecule has 1 rings (SSSR count). The number of nitrogen functional groups attached to an aromatic ring is 1. The molecule has 17 heavy (non-hydrogen) atoms. The van der Waals surface area contributed by atoms with Crippen molar-refractivity contribution in [3.8, 4) is 0 Å². The van der Waals surface area contributed by atoms with E-state index in [2.05, 4.69) is 5.32 Å². The van der Waals surface area contributed by atoms with Gasteiger partial charge in [0, 0.05) is 12.1 Å². The van der Waals surface area contributed by atoms with Gasteiger partial charge in [-0.25, -0.2) is 4.79 Å². The minimum absolute atomic E-state index is 0.00912. The zero-order valence-corrected chi connectivity index (χ0v) is 9.69. The van der Waals surface area contributed by atoms with Crippen LogP contribution in [0.2, 0.25) is 0 Å². The van der Waals surface area contributed by atoms with Gasteiger partial charge in [0.1, 0.15) is 0 Å². The molecule has 0 spiro atoms. The van der Waals surface area contributed by atoms with Crippen molar-refractivity contribution in [2.45, 2.75) is 26.2 Å². The highest BCUT2D eigenvalue weighted by Gasteiger charge is 2.12. The van der Waals surface area contributed by atoms with Gasteiger partial charge >= 0.3 is 5.97 Å². The van der Waals surface area contributed by atoms with Gasteiger partial charge in [-0.2, -0.15) is 0 Å². The molecule has 0 bridgehead atoms. The second-order valence-electron chi connectivity index (χ2n) is 3.76. The first-order chi connectivity index (χ1) is 8.04. The van der Waals surface area contributed by atoms with Gasteiger partial charge in [0.05, 0.1) is 11.3 Å². The standard InChI is InChI=1S/C12H16N2O3/c1-2-3-4-11(15)14-10-6-5-8(13)7-9(10)12(16)17/h5-7H,2-4,13H2,1H3,(H,14,15)(H,16,17). The molecule has 5 nitrogen and oxygen atoms in total. The smallest absolute Gasteiger partial charge is 0.337 e. The molecule has 5 heteroatoms. The van der Waals surface area contributed by atoms with Crippen LogP contribution < -0.4 is 11.1 Å². The number of rotatable bonds is 5. The highest BCUT2D eigenvalue weighted by Crippen LogP contribution is 2.19. The summed E-state index contributed by atoms with van der Waals surface area (Å²) in [5.41, 5.74) is 6.15. The molecule has 0 aliphatic heterocycles. The van der Waals surface area contributed by atoms with Crippen LogP contribution in [0.5, 0.6) is 0 Å². The molecule has 0 saturated heterocycles. The van der Waals surface area contributed by atoms with E-state index < -0.39 is 5.97 Å². The third-order valence-corrected chi connectivity index (χ3v) is 2.31. The van der Waals surface area contributed by atoms with E-state index in [1.54, 1.807) is 6.07 Å². The molecule has 4 N–H and O–H groups in total. The first-order valence-electron chi connectivity index (χ1n) is 5.47. The molecule has 0 aliphatic carbocycles. The summed E-state index contributed by atoms with van der Waals surface area (Å²) in [5.74, 6) is -1.29. The first-order valence-corrected chi connectivity index (χ1v) is 5.47. The zero-order valence-electron chi connectivity index (χ0n) is 9.69. The van der Waals surface area contributed by atoms with Crippen LogP contribution in [0.4, 0.5) is 11.4 Å². The van der Waals surface area contributed by atoms with Gasteiger partial charge in [0.15, 0.2) is 0 Å². The topological polar surface area (TPSA) is 92.4 Å². The maximum atomic E-state index is 11.5. The second kappa shape index (κ2) is 5.89. The van der Waals surface area contributed by atoms with E-state index in [-0.39, 0.29) is 17.2 Å². The van der Waals surface area contributed by atoms with Crippen LogP contribution in [0.1, 0.15) is 36.5 Å². The van der Waals surface area contributed by atoms with Gasteiger partial charge in [0.2, 0.25) is 5.91 Å². The Labute approximate surface area is 99.6 Å². The summed E-state index contributed by atoms with van der Waals surface area (Å²) in [4.78, 5) is 22.5. The van der Waals surface area contributed by atoms with Crippen LogP contribution in [0, 0.1) is 0 Å². The van der Waals surface area contributed by atoms with E-state index >= 15 is 0 Å². The summed E-state index contributed by atoms with van der Waals surface area (Å²) < 4.78 is 0.